The van der Waals surface area contributed by atoms with Crippen LogP contribution in [0.15, 0.2) is 72.8 Å². The number of rotatable bonds is 5. The fourth-order valence-corrected chi connectivity index (χ4v) is 4.01. The smallest absolute Gasteiger partial charge is 0.253 e. The van der Waals surface area contributed by atoms with Crippen molar-refractivity contribution in [2.24, 2.45) is 0 Å². The van der Waals surface area contributed by atoms with E-state index in [4.69, 9.17) is 23.2 Å². The first kappa shape index (κ1) is 22.2. The average molecular weight is 468 g/mol. The van der Waals surface area contributed by atoms with E-state index >= 15 is 0 Å². The molecule has 7 heteroatoms. The number of carbonyl (C=O) groups is 2. The standard InChI is InChI=1S/C25H23Cl2N3O2/c26-20-9-5-18(6-10-20)17-24(31)28-22-3-1-2-4-23(22)29-13-15-30(16-14-29)25(32)19-7-11-21(27)12-8-19/h1-12H,13-17H2,(H,28,31). The fourth-order valence-electron chi connectivity index (χ4n) is 3.76. The van der Waals surface area contributed by atoms with Crippen molar-refractivity contribution in [3.05, 3.63) is 94.0 Å². The normalized spacial score (nSPS) is 13.7. The lowest BCUT2D eigenvalue weighted by Crippen LogP contribution is -2.49. The Morgan fingerprint density at radius 2 is 1.38 bits per heavy atom. The van der Waals surface area contributed by atoms with E-state index in [0.717, 1.165) is 16.9 Å². The third-order valence-corrected chi connectivity index (χ3v) is 5.96. The molecule has 164 valence electrons. The van der Waals surface area contributed by atoms with Gasteiger partial charge >= 0.3 is 0 Å². The molecule has 2 amide bonds. The number of halogens is 2. The largest absolute Gasteiger partial charge is 0.366 e. The van der Waals surface area contributed by atoms with Crippen molar-refractivity contribution >= 4 is 46.4 Å². The maximum Gasteiger partial charge on any atom is 0.253 e. The monoisotopic (exact) mass is 467 g/mol. The maximum absolute atomic E-state index is 12.8. The van der Waals surface area contributed by atoms with Crippen molar-refractivity contribution in [2.45, 2.75) is 6.42 Å². The second-order valence-electron chi connectivity index (χ2n) is 7.65. The highest BCUT2D eigenvalue weighted by atomic mass is 35.5. The molecule has 0 bridgehead atoms. The van der Waals surface area contributed by atoms with Gasteiger partial charge in [-0.1, -0.05) is 47.5 Å². The lowest BCUT2D eigenvalue weighted by molar-refractivity contribution is -0.115. The molecule has 0 aliphatic carbocycles. The molecular weight excluding hydrogens is 445 g/mol. The maximum atomic E-state index is 12.8. The highest BCUT2D eigenvalue weighted by Gasteiger charge is 2.23. The van der Waals surface area contributed by atoms with Gasteiger partial charge in [0.25, 0.3) is 5.91 Å². The van der Waals surface area contributed by atoms with Crippen molar-refractivity contribution in [1.82, 2.24) is 4.90 Å². The highest BCUT2D eigenvalue weighted by molar-refractivity contribution is 6.30. The van der Waals surface area contributed by atoms with Crippen LogP contribution in [0.3, 0.4) is 0 Å². The molecule has 1 N–H and O–H groups in total. The minimum absolute atomic E-state index is 0.00543. The van der Waals surface area contributed by atoms with Crippen molar-refractivity contribution in [3.63, 3.8) is 0 Å². The highest BCUT2D eigenvalue weighted by Crippen LogP contribution is 2.27. The molecule has 3 aromatic carbocycles. The molecule has 0 saturated carbocycles. The molecular formula is C25H23Cl2N3O2. The van der Waals surface area contributed by atoms with Crippen LogP contribution in [0.2, 0.25) is 10.0 Å². The Morgan fingerprint density at radius 3 is 2.03 bits per heavy atom. The Kier molecular flexibility index (Phi) is 6.98. The van der Waals surface area contributed by atoms with E-state index in [1.54, 1.807) is 36.4 Å². The fraction of sp³-hybridized carbons (Fsp3) is 0.200. The summed E-state index contributed by atoms with van der Waals surface area (Å²) < 4.78 is 0. The molecule has 1 heterocycles. The third-order valence-electron chi connectivity index (χ3n) is 5.45. The van der Waals surface area contributed by atoms with Crippen molar-refractivity contribution in [2.75, 3.05) is 36.4 Å². The first-order valence-electron chi connectivity index (χ1n) is 10.4. The summed E-state index contributed by atoms with van der Waals surface area (Å²) in [5, 5.41) is 4.29. The Hall–Kier alpha value is -3.02. The topological polar surface area (TPSA) is 52.7 Å². The molecule has 0 unspecified atom stereocenters. The summed E-state index contributed by atoms with van der Waals surface area (Å²) in [7, 11) is 0. The molecule has 5 nitrogen and oxygen atoms in total. The van der Waals surface area contributed by atoms with Crippen LogP contribution in [0.5, 0.6) is 0 Å². The van der Waals surface area contributed by atoms with Gasteiger partial charge in [-0.25, -0.2) is 0 Å². The Morgan fingerprint density at radius 1 is 0.781 bits per heavy atom. The summed E-state index contributed by atoms with van der Waals surface area (Å²) in [5.41, 5.74) is 3.26. The Labute approximate surface area is 197 Å². The van der Waals surface area contributed by atoms with Crippen molar-refractivity contribution in [3.8, 4) is 0 Å². The van der Waals surface area contributed by atoms with E-state index in [1.165, 1.54) is 0 Å². The van der Waals surface area contributed by atoms with E-state index in [2.05, 4.69) is 10.2 Å². The number of hydrogen-bond acceptors (Lipinski definition) is 3. The van der Waals surface area contributed by atoms with Crippen molar-refractivity contribution < 1.29 is 9.59 Å². The zero-order chi connectivity index (χ0) is 22.5. The lowest BCUT2D eigenvalue weighted by atomic mass is 10.1. The predicted octanol–water partition coefficient (Wildman–Crippen LogP) is 5.14. The van der Waals surface area contributed by atoms with Gasteiger partial charge in [0.2, 0.25) is 5.91 Å². The van der Waals surface area contributed by atoms with Gasteiger partial charge < -0.3 is 15.1 Å². The number of nitrogens with zero attached hydrogens (tertiary/aromatic N) is 2. The Bertz CT molecular complexity index is 1090. The summed E-state index contributed by atoms with van der Waals surface area (Å²) in [6.45, 7) is 2.58. The second-order valence-corrected chi connectivity index (χ2v) is 8.53. The van der Waals surface area contributed by atoms with Crippen LogP contribution >= 0.6 is 23.2 Å². The molecule has 3 aromatic rings. The second kappa shape index (κ2) is 10.1. The molecule has 32 heavy (non-hydrogen) atoms. The molecule has 0 spiro atoms. The number of piperazine rings is 1. The van der Waals surface area contributed by atoms with Crippen LogP contribution in [0, 0.1) is 0 Å². The summed E-state index contributed by atoms with van der Waals surface area (Å²) >= 11 is 11.8. The zero-order valence-corrected chi connectivity index (χ0v) is 18.9. The van der Waals surface area contributed by atoms with Crippen LogP contribution in [-0.2, 0) is 11.2 Å². The quantitative estimate of drug-likeness (QED) is 0.565. The van der Waals surface area contributed by atoms with Gasteiger partial charge in [-0.15, -0.1) is 0 Å². The number of para-hydroxylation sites is 2. The summed E-state index contributed by atoms with van der Waals surface area (Å²) in [5.74, 6) is -0.0813. The first-order chi connectivity index (χ1) is 15.5. The zero-order valence-electron chi connectivity index (χ0n) is 17.4. The van der Waals surface area contributed by atoms with E-state index in [-0.39, 0.29) is 18.2 Å². The first-order valence-corrected chi connectivity index (χ1v) is 11.2. The van der Waals surface area contributed by atoms with Crippen LogP contribution in [0.4, 0.5) is 11.4 Å². The van der Waals surface area contributed by atoms with E-state index < -0.39 is 0 Å². The van der Waals surface area contributed by atoms with Gasteiger partial charge in [-0.3, -0.25) is 9.59 Å². The van der Waals surface area contributed by atoms with Gasteiger partial charge in [-0.05, 0) is 54.1 Å². The molecule has 1 fully saturated rings. The Balaban J connectivity index is 1.38. The third kappa shape index (κ3) is 5.42. The molecule has 0 aromatic heterocycles. The number of hydrogen-bond donors (Lipinski definition) is 1. The molecule has 1 saturated heterocycles. The van der Waals surface area contributed by atoms with Gasteiger partial charge in [0.1, 0.15) is 0 Å². The van der Waals surface area contributed by atoms with E-state index in [1.807, 2.05) is 41.3 Å². The van der Waals surface area contributed by atoms with Crippen molar-refractivity contribution in [1.29, 1.82) is 0 Å². The summed E-state index contributed by atoms with van der Waals surface area (Å²) in [6.07, 6.45) is 0.273. The number of amides is 2. The molecule has 0 atom stereocenters. The van der Waals surface area contributed by atoms with E-state index in [0.29, 0.717) is 41.8 Å². The minimum atomic E-state index is -0.0867. The van der Waals surface area contributed by atoms with Gasteiger partial charge in [0, 0.05) is 41.8 Å². The predicted molar refractivity (Wildman–Crippen MR) is 130 cm³/mol. The molecule has 0 radical (unpaired) electrons. The van der Waals surface area contributed by atoms with Crippen LogP contribution in [-0.4, -0.2) is 42.9 Å². The molecule has 1 aliphatic heterocycles. The number of carbonyl (C=O) groups excluding carboxylic acids is 2. The number of benzene rings is 3. The van der Waals surface area contributed by atoms with E-state index in [9.17, 15) is 9.59 Å². The van der Waals surface area contributed by atoms with Gasteiger partial charge in [0.05, 0.1) is 17.8 Å². The van der Waals surface area contributed by atoms with Crippen LogP contribution in [0.1, 0.15) is 15.9 Å². The number of nitrogens with one attached hydrogen (secondary N) is 1. The summed E-state index contributed by atoms with van der Waals surface area (Å²) in [6, 6.07) is 22.0. The SMILES string of the molecule is O=C(Cc1ccc(Cl)cc1)Nc1ccccc1N1CCN(C(=O)c2ccc(Cl)cc2)CC1. The molecule has 4 rings (SSSR count). The minimum Gasteiger partial charge on any atom is -0.366 e. The summed E-state index contributed by atoms with van der Waals surface area (Å²) in [4.78, 5) is 29.4. The van der Waals surface area contributed by atoms with Gasteiger partial charge in [-0.2, -0.15) is 0 Å². The van der Waals surface area contributed by atoms with Crippen LogP contribution in [0.25, 0.3) is 0 Å². The molecule has 1 aliphatic rings. The number of anilines is 2. The lowest BCUT2D eigenvalue weighted by Gasteiger charge is -2.37. The van der Waals surface area contributed by atoms with Gasteiger partial charge in [0.15, 0.2) is 0 Å². The van der Waals surface area contributed by atoms with Crippen LogP contribution < -0.4 is 10.2 Å². The average Bonchev–Trinajstić information content (AvgIpc) is 2.81.